The highest BCUT2D eigenvalue weighted by atomic mass is 35.5. The van der Waals surface area contributed by atoms with Crippen molar-refractivity contribution in [3.05, 3.63) is 33.9 Å². The lowest BCUT2D eigenvalue weighted by atomic mass is 10.2. The summed E-state index contributed by atoms with van der Waals surface area (Å²) in [5.74, 6) is 0. The second kappa shape index (κ2) is 6.49. The van der Waals surface area contributed by atoms with Gasteiger partial charge in [0.2, 0.25) is 10.0 Å². The Kier molecular flexibility index (Phi) is 5.46. The van der Waals surface area contributed by atoms with E-state index >= 15 is 0 Å². The molecule has 1 fully saturated rings. The first-order valence-corrected chi connectivity index (χ1v) is 7.33. The number of rotatable bonds is 3. The van der Waals surface area contributed by atoms with E-state index < -0.39 is 14.9 Å². The van der Waals surface area contributed by atoms with Gasteiger partial charge >= 0.3 is 0 Å². The van der Waals surface area contributed by atoms with E-state index in [0.717, 1.165) is 6.07 Å². The first-order valence-electron chi connectivity index (χ1n) is 5.89. The van der Waals surface area contributed by atoms with Crippen LogP contribution in [0.4, 0.5) is 5.69 Å². The molecule has 0 aromatic heterocycles. The fourth-order valence-corrected chi connectivity index (χ4v) is 3.44. The van der Waals surface area contributed by atoms with Gasteiger partial charge in [0.05, 0.1) is 9.82 Å². The van der Waals surface area contributed by atoms with Crippen LogP contribution in [0.25, 0.3) is 0 Å². The molecule has 1 heterocycles. The topological polar surface area (TPSA) is 92.6 Å². The van der Waals surface area contributed by atoms with Gasteiger partial charge in [0, 0.05) is 37.8 Å². The molecule has 0 spiro atoms. The number of aryl methyl sites for hydroxylation is 1. The molecule has 1 aliphatic rings. The number of hydrogen-bond donors (Lipinski definition) is 1. The highest BCUT2D eigenvalue weighted by Crippen LogP contribution is 2.24. The van der Waals surface area contributed by atoms with Crippen LogP contribution in [0.15, 0.2) is 23.1 Å². The van der Waals surface area contributed by atoms with E-state index in [2.05, 4.69) is 5.32 Å². The summed E-state index contributed by atoms with van der Waals surface area (Å²) in [5, 5.41) is 13.9. The van der Waals surface area contributed by atoms with Crippen molar-refractivity contribution in [2.45, 2.75) is 11.8 Å². The minimum Gasteiger partial charge on any atom is -0.314 e. The van der Waals surface area contributed by atoms with Crippen molar-refractivity contribution in [3.63, 3.8) is 0 Å². The minimum absolute atomic E-state index is 0. The molecule has 0 bridgehead atoms. The van der Waals surface area contributed by atoms with Crippen molar-refractivity contribution in [2.75, 3.05) is 26.2 Å². The molecule has 1 aliphatic heterocycles. The average molecular weight is 322 g/mol. The number of benzene rings is 1. The van der Waals surface area contributed by atoms with E-state index in [-0.39, 0.29) is 23.0 Å². The summed E-state index contributed by atoms with van der Waals surface area (Å²) in [7, 11) is -3.65. The van der Waals surface area contributed by atoms with Crippen LogP contribution in [0, 0.1) is 17.0 Å². The number of nitro groups is 1. The summed E-state index contributed by atoms with van der Waals surface area (Å²) in [5.41, 5.74) is 0.278. The van der Waals surface area contributed by atoms with Crippen molar-refractivity contribution < 1.29 is 13.3 Å². The zero-order valence-corrected chi connectivity index (χ0v) is 12.5. The largest absolute Gasteiger partial charge is 0.314 e. The summed E-state index contributed by atoms with van der Waals surface area (Å²) in [6.45, 7) is 3.52. The van der Waals surface area contributed by atoms with Crippen LogP contribution >= 0.6 is 12.4 Å². The molecular formula is C11H16ClN3O4S. The third-order valence-corrected chi connectivity index (χ3v) is 4.99. The highest BCUT2D eigenvalue weighted by molar-refractivity contribution is 7.89. The predicted molar refractivity (Wildman–Crippen MR) is 76.7 cm³/mol. The van der Waals surface area contributed by atoms with Gasteiger partial charge in [-0.2, -0.15) is 4.31 Å². The van der Waals surface area contributed by atoms with E-state index in [4.69, 9.17) is 0 Å². The molecule has 1 saturated heterocycles. The Morgan fingerprint density at radius 1 is 1.30 bits per heavy atom. The molecule has 9 heteroatoms. The summed E-state index contributed by atoms with van der Waals surface area (Å²) in [6, 6.07) is 4.01. The van der Waals surface area contributed by atoms with Crippen LogP contribution < -0.4 is 5.32 Å². The molecular weight excluding hydrogens is 306 g/mol. The van der Waals surface area contributed by atoms with Gasteiger partial charge in [0.15, 0.2) is 0 Å². The molecule has 1 aromatic rings. The van der Waals surface area contributed by atoms with Crippen molar-refractivity contribution in [1.82, 2.24) is 9.62 Å². The first-order chi connectivity index (χ1) is 8.93. The highest BCUT2D eigenvalue weighted by Gasteiger charge is 2.27. The Bertz CT molecular complexity index is 600. The Morgan fingerprint density at radius 2 is 1.90 bits per heavy atom. The molecule has 7 nitrogen and oxygen atoms in total. The Morgan fingerprint density at radius 3 is 2.45 bits per heavy atom. The Hall–Kier alpha value is -1.22. The minimum atomic E-state index is -3.65. The molecule has 0 saturated carbocycles. The van der Waals surface area contributed by atoms with Gasteiger partial charge in [0.25, 0.3) is 5.69 Å². The van der Waals surface area contributed by atoms with Gasteiger partial charge in [0.1, 0.15) is 0 Å². The Labute approximate surface area is 123 Å². The van der Waals surface area contributed by atoms with Gasteiger partial charge in [-0.1, -0.05) is 6.07 Å². The molecule has 0 atom stereocenters. The fraction of sp³-hybridized carbons (Fsp3) is 0.455. The number of halogens is 1. The fourth-order valence-electron chi connectivity index (χ4n) is 1.98. The van der Waals surface area contributed by atoms with Crippen molar-refractivity contribution in [2.24, 2.45) is 0 Å². The van der Waals surface area contributed by atoms with E-state index in [1.807, 2.05) is 0 Å². The summed E-state index contributed by atoms with van der Waals surface area (Å²) in [4.78, 5) is 10.3. The zero-order chi connectivity index (χ0) is 14.0. The van der Waals surface area contributed by atoms with Gasteiger partial charge in [-0.25, -0.2) is 8.42 Å². The van der Waals surface area contributed by atoms with Crippen molar-refractivity contribution >= 4 is 28.1 Å². The van der Waals surface area contributed by atoms with E-state index in [1.165, 1.54) is 16.4 Å². The summed E-state index contributed by atoms with van der Waals surface area (Å²) >= 11 is 0. The lowest BCUT2D eigenvalue weighted by Crippen LogP contribution is -2.46. The quantitative estimate of drug-likeness (QED) is 0.660. The van der Waals surface area contributed by atoms with Crippen LogP contribution in [0.3, 0.4) is 0 Å². The maximum absolute atomic E-state index is 12.3. The van der Waals surface area contributed by atoms with Crippen molar-refractivity contribution in [3.8, 4) is 0 Å². The molecule has 0 aliphatic carbocycles. The molecule has 20 heavy (non-hydrogen) atoms. The lowest BCUT2D eigenvalue weighted by molar-refractivity contribution is -0.385. The number of nitrogens with one attached hydrogen (secondary N) is 1. The third kappa shape index (κ3) is 3.26. The van der Waals surface area contributed by atoms with Crippen LogP contribution in [0.5, 0.6) is 0 Å². The normalized spacial score (nSPS) is 16.4. The summed E-state index contributed by atoms with van der Waals surface area (Å²) < 4.78 is 26.0. The van der Waals surface area contributed by atoms with E-state index in [0.29, 0.717) is 31.7 Å². The number of sulfonamides is 1. The molecule has 0 radical (unpaired) electrons. The van der Waals surface area contributed by atoms with Crippen LogP contribution in [-0.4, -0.2) is 43.8 Å². The molecule has 1 aromatic carbocycles. The number of nitrogens with zero attached hydrogens (tertiary/aromatic N) is 2. The number of piperazine rings is 1. The van der Waals surface area contributed by atoms with Gasteiger partial charge in [-0.15, -0.1) is 12.4 Å². The molecule has 0 unspecified atom stereocenters. The van der Waals surface area contributed by atoms with E-state index in [1.54, 1.807) is 6.92 Å². The third-order valence-electron chi connectivity index (χ3n) is 3.09. The maximum atomic E-state index is 12.3. The molecule has 112 valence electrons. The van der Waals surface area contributed by atoms with Gasteiger partial charge in [-0.05, 0) is 13.0 Å². The van der Waals surface area contributed by atoms with E-state index in [9.17, 15) is 18.5 Å². The smallest absolute Gasteiger partial charge is 0.273 e. The maximum Gasteiger partial charge on any atom is 0.273 e. The summed E-state index contributed by atoms with van der Waals surface area (Å²) in [6.07, 6.45) is 0. The molecule has 0 amide bonds. The Balaban J connectivity index is 0.00000200. The monoisotopic (exact) mass is 321 g/mol. The second-order valence-corrected chi connectivity index (χ2v) is 6.30. The van der Waals surface area contributed by atoms with Gasteiger partial charge in [-0.3, -0.25) is 10.1 Å². The molecule has 1 N–H and O–H groups in total. The number of hydrogen-bond acceptors (Lipinski definition) is 5. The SMILES string of the molecule is Cc1ccc(S(=O)(=O)N2CCNCC2)cc1[N+](=O)[O-].Cl. The zero-order valence-electron chi connectivity index (χ0n) is 10.9. The average Bonchev–Trinajstić information content (AvgIpc) is 2.39. The van der Waals surface area contributed by atoms with Crippen LogP contribution in [0.2, 0.25) is 0 Å². The van der Waals surface area contributed by atoms with Crippen molar-refractivity contribution in [1.29, 1.82) is 0 Å². The predicted octanol–water partition coefficient (Wildman–Crippen LogP) is 0.919. The first kappa shape index (κ1) is 16.8. The van der Waals surface area contributed by atoms with Gasteiger partial charge < -0.3 is 5.32 Å². The lowest BCUT2D eigenvalue weighted by Gasteiger charge is -2.26. The number of nitro benzene ring substituents is 1. The standard InChI is InChI=1S/C11H15N3O4S.ClH/c1-9-2-3-10(8-11(9)14(15)16)19(17,18)13-6-4-12-5-7-13;/h2-3,8,12H,4-7H2,1H3;1H. The molecule has 2 rings (SSSR count). The van der Waals surface area contributed by atoms with Crippen LogP contribution in [-0.2, 0) is 10.0 Å². The second-order valence-electron chi connectivity index (χ2n) is 4.36. The van der Waals surface area contributed by atoms with Crippen LogP contribution in [0.1, 0.15) is 5.56 Å².